The fourth-order valence-electron chi connectivity index (χ4n) is 3.34. The fraction of sp³-hybridized carbons (Fsp3) is 1.00. The van der Waals surface area contributed by atoms with E-state index in [0.29, 0.717) is 30.0 Å². The third-order valence-corrected chi connectivity index (χ3v) is 4.50. The normalized spacial score (nSPS) is 46.9. The summed E-state index contributed by atoms with van der Waals surface area (Å²) in [6.07, 6.45) is 3.01. The molecule has 0 aromatic rings. The maximum Gasteiger partial charge on any atom is 0.0597 e. The summed E-state index contributed by atoms with van der Waals surface area (Å²) in [5.41, 5.74) is 6.44. The van der Waals surface area contributed by atoms with Gasteiger partial charge in [-0.2, -0.15) is 0 Å². The molecule has 6 atom stereocenters. The summed E-state index contributed by atoms with van der Waals surface area (Å²) in [6, 6.07) is 0.232. The Morgan fingerprint density at radius 3 is 2.44 bits per heavy atom. The lowest BCUT2D eigenvalue weighted by atomic mass is 9.77. The van der Waals surface area contributed by atoms with Gasteiger partial charge in [0.25, 0.3) is 0 Å². The van der Waals surface area contributed by atoms with Crippen LogP contribution >= 0.6 is 0 Å². The summed E-state index contributed by atoms with van der Waals surface area (Å²) in [5, 5.41) is 0. The van der Waals surface area contributed by atoms with Gasteiger partial charge in [-0.3, -0.25) is 0 Å². The lowest BCUT2D eigenvalue weighted by molar-refractivity contribution is 0.0191. The average Bonchev–Trinajstić information content (AvgIpc) is 2.54. The van der Waals surface area contributed by atoms with E-state index in [-0.39, 0.29) is 6.04 Å². The maximum atomic E-state index is 6.44. The van der Waals surface area contributed by atoms with Crippen LogP contribution in [0.25, 0.3) is 0 Å². The zero-order valence-corrected chi connectivity index (χ0v) is 10.7. The molecule has 0 radical (unpaired) electrons. The topological polar surface area (TPSA) is 44.5 Å². The van der Waals surface area contributed by atoms with Gasteiger partial charge in [-0.1, -0.05) is 6.92 Å². The Morgan fingerprint density at radius 1 is 1.19 bits per heavy atom. The Hall–Kier alpha value is -0.120. The Labute approximate surface area is 98.7 Å². The van der Waals surface area contributed by atoms with Crippen LogP contribution < -0.4 is 5.73 Å². The van der Waals surface area contributed by atoms with E-state index in [4.69, 9.17) is 15.2 Å². The molecule has 0 aromatic heterocycles. The van der Waals surface area contributed by atoms with Crippen LogP contribution in [0.3, 0.4) is 0 Å². The van der Waals surface area contributed by atoms with Gasteiger partial charge in [0.15, 0.2) is 0 Å². The average molecular weight is 227 g/mol. The summed E-state index contributed by atoms with van der Waals surface area (Å²) in [6.45, 7) is 8.33. The molecule has 0 bridgehead atoms. The van der Waals surface area contributed by atoms with Crippen molar-refractivity contribution in [2.75, 3.05) is 13.2 Å². The summed E-state index contributed by atoms with van der Waals surface area (Å²) in [7, 11) is 0. The van der Waals surface area contributed by atoms with Crippen molar-refractivity contribution in [3.05, 3.63) is 0 Å². The van der Waals surface area contributed by atoms with Crippen molar-refractivity contribution in [3.8, 4) is 0 Å². The van der Waals surface area contributed by atoms with Gasteiger partial charge in [-0.25, -0.2) is 0 Å². The van der Waals surface area contributed by atoms with Crippen molar-refractivity contribution in [1.82, 2.24) is 0 Å². The molecule has 0 amide bonds. The SMILES string of the molecule is CC1OC(C)C(C(N)C2CCCOC2)C1C. The first-order chi connectivity index (χ1) is 7.61. The van der Waals surface area contributed by atoms with Crippen molar-refractivity contribution in [2.45, 2.75) is 51.9 Å². The van der Waals surface area contributed by atoms with Crippen molar-refractivity contribution < 1.29 is 9.47 Å². The predicted octanol–water partition coefficient (Wildman–Crippen LogP) is 1.80. The van der Waals surface area contributed by atoms with Crippen molar-refractivity contribution >= 4 is 0 Å². The highest BCUT2D eigenvalue weighted by Crippen LogP contribution is 2.37. The highest BCUT2D eigenvalue weighted by Gasteiger charge is 2.42. The lowest BCUT2D eigenvalue weighted by Crippen LogP contribution is -2.46. The second kappa shape index (κ2) is 5.03. The molecular formula is C13H25NO2. The molecule has 3 nitrogen and oxygen atoms in total. The van der Waals surface area contributed by atoms with Gasteiger partial charge < -0.3 is 15.2 Å². The van der Waals surface area contributed by atoms with Gasteiger partial charge in [-0.15, -0.1) is 0 Å². The second-order valence-electron chi connectivity index (χ2n) is 5.54. The Balaban J connectivity index is 1.99. The highest BCUT2D eigenvalue weighted by atomic mass is 16.5. The van der Waals surface area contributed by atoms with Crippen molar-refractivity contribution in [3.63, 3.8) is 0 Å². The van der Waals surface area contributed by atoms with Crippen LogP contribution in [0.15, 0.2) is 0 Å². The van der Waals surface area contributed by atoms with Gasteiger partial charge >= 0.3 is 0 Å². The summed E-state index contributed by atoms with van der Waals surface area (Å²) < 4.78 is 11.4. The molecule has 16 heavy (non-hydrogen) atoms. The van der Waals surface area contributed by atoms with Gasteiger partial charge in [0.1, 0.15) is 0 Å². The van der Waals surface area contributed by atoms with E-state index in [1.807, 2.05) is 0 Å². The number of ether oxygens (including phenoxy) is 2. The molecule has 2 saturated heterocycles. The quantitative estimate of drug-likeness (QED) is 0.782. The van der Waals surface area contributed by atoms with E-state index in [2.05, 4.69) is 20.8 Å². The number of nitrogens with two attached hydrogens (primary N) is 1. The molecule has 2 aliphatic rings. The predicted molar refractivity (Wildman–Crippen MR) is 64.2 cm³/mol. The summed E-state index contributed by atoms with van der Waals surface area (Å²) >= 11 is 0. The molecule has 2 rings (SSSR count). The van der Waals surface area contributed by atoms with Crippen LogP contribution in [0.2, 0.25) is 0 Å². The molecule has 3 heteroatoms. The first-order valence-corrected chi connectivity index (χ1v) is 6.60. The van der Waals surface area contributed by atoms with Crippen LogP contribution in [0.5, 0.6) is 0 Å². The van der Waals surface area contributed by atoms with Gasteiger partial charge in [-0.05, 0) is 38.5 Å². The standard InChI is InChI=1S/C13H25NO2/c1-8-9(2)16-10(3)12(8)13(14)11-5-4-6-15-7-11/h8-13H,4-7,14H2,1-3H3. The molecule has 0 aromatic carbocycles. The Morgan fingerprint density at radius 2 is 1.94 bits per heavy atom. The smallest absolute Gasteiger partial charge is 0.0597 e. The summed E-state index contributed by atoms with van der Waals surface area (Å²) in [5.74, 6) is 1.58. The molecule has 0 saturated carbocycles. The van der Waals surface area contributed by atoms with E-state index < -0.39 is 0 Å². The van der Waals surface area contributed by atoms with Crippen LogP contribution in [0, 0.1) is 17.8 Å². The second-order valence-corrected chi connectivity index (χ2v) is 5.54. The Bertz CT molecular complexity index is 228. The van der Waals surface area contributed by atoms with Gasteiger partial charge in [0.2, 0.25) is 0 Å². The minimum Gasteiger partial charge on any atom is -0.381 e. The van der Waals surface area contributed by atoms with Crippen LogP contribution in [0.1, 0.15) is 33.6 Å². The van der Waals surface area contributed by atoms with E-state index in [1.54, 1.807) is 0 Å². The molecule has 2 heterocycles. The largest absolute Gasteiger partial charge is 0.381 e. The molecule has 2 fully saturated rings. The molecule has 2 N–H and O–H groups in total. The zero-order valence-electron chi connectivity index (χ0n) is 10.7. The third kappa shape index (κ3) is 2.27. The maximum absolute atomic E-state index is 6.44. The minimum absolute atomic E-state index is 0.232. The zero-order chi connectivity index (χ0) is 11.7. The van der Waals surface area contributed by atoms with Crippen LogP contribution in [0.4, 0.5) is 0 Å². The monoisotopic (exact) mass is 227 g/mol. The van der Waals surface area contributed by atoms with Gasteiger partial charge in [0, 0.05) is 18.6 Å². The fourth-order valence-corrected chi connectivity index (χ4v) is 3.34. The lowest BCUT2D eigenvalue weighted by Gasteiger charge is -2.34. The summed E-state index contributed by atoms with van der Waals surface area (Å²) in [4.78, 5) is 0. The van der Waals surface area contributed by atoms with Crippen molar-refractivity contribution in [1.29, 1.82) is 0 Å². The first kappa shape index (κ1) is 12.3. The van der Waals surface area contributed by atoms with E-state index in [1.165, 1.54) is 6.42 Å². The van der Waals surface area contributed by atoms with E-state index >= 15 is 0 Å². The molecule has 0 aliphatic carbocycles. The number of hydrogen-bond acceptors (Lipinski definition) is 3. The molecule has 2 aliphatic heterocycles. The van der Waals surface area contributed by atoms with Gasteiger partial charge in [0.05, 0.1) is 18.8 Å². The van der Waals surface area contributed by atoms with E-state index in [0.717, 1.165) is 19.6 Å². The molecule has 6 unspecified atom stereocenters. The Kier molecular flexibility index (Phi) is 3.88. The minimum atomic E-state index is 0.232. The number of rotatable bonds is 2. The molecular weight excluding hydrogens is 202 g/mol. The van der Waals surface area contributed by atoms with Crippen LogP contribution in [-0.4, -0.2) is 31.5 Å². The highest BCUT2D eigenvalue weighted by molar-refractivity contribution is 4.93. The van der Waals surface area contributed by atoms with E-state index in [9.17, 15) is 0 Å². The first-order valence-electron chi connectivity index (χ1n) is 6.60. The molecule has 94 valence electrons. The van der Waals surface area contributed by atoms with Crippen LogP contribution in [-0.2, 0) is 9.47 Å². The van der Waals surface area contributed by atoms with Crippen molar-refractivity contribution in [2.24, 2.45) is 23.5 Å². The number of hydrogen-bond donors (Lipinski definition) is 1. The third-order valence-electron chi connectivity index (χ3n) is 4.50. The molecule has 0 spiro atoms.